The van der Waals surface area contributed by atoms with E-state index in [9.17, 15) is 9.59 Å². The Kier molecular flexibility index (Phi) is 7.33. The second kappa shape index (κ2) is 9.19. The third-order valence-electron chi connectivity index (χ3n) is 10.6. The Labute approximate surface area is 208 Å². The van der Waals surface area contributed by atoms with Gasteiger partial charge in [0.1, 0.15) is 11.7 Å². The molecular formula is C31H48O3. The molecule has 0 N–H and O–H groups in total. The van der Waals surface area contributed by atoms with Gasteiger partial charge < -0.3 is 4.74 Å². The minimum atomic E-state index is -0.103. The summed E-state index contributed by atoms with van der Waals surface area (Å²) in [6, 6.07) is 0. The molecule has 8 atom stereocenters. The average Bonchev–Trinajstić information content (AvgIpc) is 3.47. The smallest absolute Gasteiger partial charge is 0.164 e. The largest absolute Gasteiger partial charge is 0.357 e. The number of fused-ring (bicyclic) bond motifs is 1. The Morgan fingerprint density at radius 2 is 1.59 bits per heavy atom. The van der Waals surface area contributed by atoms with Crippen molar-refractivity contribution in [1.82, 2.24) is 0 Å². The lowest BCUT2D eigenvalue weighted by atomic mass is 9.53. The molecule has 3 saturated carbocycles. The van der Waals surface area contributed by atoms with Crippen LogP contribution in [0.2, 0.25) is 0 Å². The molecular weight excluding hydrogens is 420 g/mol. The van der Waals surface area contributed by atoms with E-state index in [1.807, 2.05) is 6.08 Å². The van der Waals surface area contributed by atoms with Crippen LogP contribution in [0, 0.1) is 34.5 Å². The van der Waals surface area contributed by atoms with Gasteiger partial charge in [-0.15, -0.1) is 0 Å². The van der Waals surface area contributed by atoms with Crippen molar-refractivity contribution in [3.63, 3.8) is 0 Å². The van der Waals surface area contributed by atoms with Crippen LogP contribution in [0.25, 0.3) is 0 Å². The number of hydrogen-bond donors (Lipinski definition) is 0. The molecule has 0 amide bonds. The van der Waals surface area contributed by atoms with Gasteiger partial charge in [0.25, 0.3) is 0 Å². The third kappa shape index (κ3) is 4.21. The number of ether oxygens (including phenoxy) is 1. The van der Waals surface area contributed by atoms with Crippen molar-refractivity contribution in [3.05, 3.63) is 36.0 Å². The van der Waals surface area contributed by atoms with Gasteiger partial charge in [-0.2, -0.15) is 0 Å². The summed E-state index contributed by atoms with van der Waals surface area (Å²) < 4.78 is 5.90. The summed E-state index contributed by atoms with van der Waals surface area (Å²) in [6.45, 7) is 21.6. The summed E-state index contributed by atoms with van der Waals surface area (Å²) in [5.41, 5.74) is 4.32. The molecule has 3 nitrogen and oxygen atoms in total. The van der Waals surface area contributed by atoms with Crippen molar-refractivity contribution in [3.8, 4) is 0 Å². The standard InChI is InChI=1S/C15H22O2.C15H22O.CH4/c1-9(2)11-5-6-15-13(17-15)12(16)7-10(3)14(15,4)8-11;1-10(2)12-5-6-13-8-14(16)7-11(3)15(13,4)9-12;/h10-11,13H,1,5-8H2,2-4H3;8,11-12H,1,5-7,9H2,2-4H3;1H4/t10-,11?,13?,14+,15?;11-,12?,15+;/m11./s1. The number of hydrogen-bond acceptors (Lipinski definition) is 3. The molecule has 1 aliphatic heterocycles. The van der Waals surface area contributed by atoms with E-state index in [0.29, 0.717) is 41.7 Å². The fourth-order valence-corrected chi connectivity index (χ4v) is 7.58. The Hall–Kier alpha value is -1.48. The quantitative estimate of drug-likeness (QED) is 0.309. The first kappa shape index (κ1) is 27.1. The third-order valence-corrected chi connectivity index (χ3v) is 10.6. The molecule has 0 bridgehead atoms. The number of Topliss-reactive ketones (excluding diaryl/α,β-unsaturated/α-hetero) is 1. The Morgan fingerprint density at radius 1 is 0.971 bits per heavy atom. The predicted octanol–water partition coefficient (Wildman–Crippen LogP) is 7.66. The van der Waals surface area contributed by atoms with Gasteiger partial charge in [-0.25, -0.2) is 0 Å². The lowest BCUT2D eigenvalue weighted by Gasteiger charge is -2.49. The van der Waals surface area contributed by atoms with E-state index in [2.05, 4.69) is 54.7 Å². The fraction of sp³-hybridized carbons (Fsp3) is 0.742. The van der Waals surface area contributed by atoms with E-state index in [1.54, 1.807) is 0 Å². The van der Waals surface area contributed by atoms with Gasteiger partial charge in [0, 0.05) is 18.3 Å². The maximum absolute atomic E-state index is 11.9. The highest BCUT2D eigenvalue weighted by molar-refractivity contribution is 5.92. The summed E-state index contributed by atoms with van der Waals surface area (Å²) in [4.78, 5) is 23.5. The van der Waals surface area contributed by atoms with Crippen molar-refractivity contribution >= 4 is 11.6 Å². The van der Waals surface area contributed by atoms with Crippen molar-refractivity contribution in [1.29, 1.82) is 0 Å². The van der Waals surface area contributed by atoms with Gasteiger partial charge in [0.2, 0.25) is 0 Å². The zero-order chi connectivity index (χ0) is 24.3. The summed E-state index contributed by atoms with van der Waals surface area (Å²) in [6.07, 6.45) is 10.1. The second-order valence-electron chi connectivity index (χ2n) is 12.6. The molecule has 0 aromatic rings. The molecule has 4 aliphatic carbocycles. The minimum absolute atomic E-state index is 0. The molecule has 4 unspecified atom stereocenters. The molecule has 5 aliphatic rings. The maximum Gasteiger partial charge on any atom is 0.164 e. The van der Waals surface area contributed by atoms with Crippen LogP contribution < -0.4 is 0 Å². The van der Waals surface area contributed by atoms with E-state index in [0.717, 1.165) is 32.1 Å². The first-order valence-electron chi connectivity index (χ1n) is 13.1. The van der Waals surface area contributed by atoms with Gasteiger partial charge in [0.05, 0.1) is 0 Å². The molecule has 0 aromatic heterocycles. The van der Waals surface area contributed by atoms with E-state index in [4.69, 9.17) is 4.74 Å². The summed E-state index contributed by atoms with van der Waals surface area (Å²) in [5, 5.41) is 0. The van der Waals surface area contributed by atoms with Crippen molar-refractivity contribution in [2.45, 2.75) is 112 Å². The monoisotopic (exact) mass is 468 g/mol. The maximum atomic E-state index is 11.9. The molecule has 34 heavy (non-hydrogen) atoms. The topological polar surface area (TPSA) is 46.7 Å². The van der Waals surface area contributed by atoms with E-state index < -0.39 is 0 Å². The number of epoxide rings is 1. The summed E-state index contributed by atoms with van der Waals surface area (Å²) in [7, 11) is 0. The van der Waals surface area contributed by atoms with Crippen LogP contribution in [0.15, 0.2) is 36.0 Å². The van der Waals surface area contributed by atoms with Crippen LogP contribution in [0.5, 0.6) is 0 Å². The van der Waals surface area contributed by atoms with Crippen molar-refractivity contribution in [2.75, 3.05) is 0 Å². The molecule has 1 saturated heterocycles. The lowest BCUT2D eigenvalue weighted by Crippen LogP contribution is -2.52. The number of allylic oxidation sites excluding steroid dienone is 4. The average molecular weight is 469 g/mol. The van der Waals surface area contributed by atoms with Crippen LogP contribution >= 0.6 is 0 Å². The van der Waals surface area contributed by atoms with E-state index >= 15 is 0 Å². The normalized spacial score (nSPS) is 44.6. The van der Waals surface area contributed by atoms with Gasteiger partial charge in [0.15, 0.2) is 11.6 Å². The van der Waals surface area contributed by atoms with Crippen LogP contribution in [0.3, 0.4) is 0 Å². The number of carbonyl (C=O) groups excluding carboxylic acids is 2. The van der Waals surface area contributed by atoms with Crippen molar-refractivity contribution in [2.24, 2.45) is 34.5 Å². The minimum Gasteiger partial charge on any atom is -0.357 e. The molecule has 5 rings (SSSR count). The number of rotatable bonds is 2. The SMILES string of the molecule is C.C=C(C)C1CCC23OC2C(=O)C[C@@H](C)[C@]3(C)C1.C=C(C)C1CCC2=CC(=O)C[C@@H](C)[C@]2(C)C1. The predicted molar refractivity (Wildman–Crippen MR) is 141 cm³/mol. The highest BCUT2D eigenvalue weighted by Gasteiger charge is 2.74. The Bertz CT molecular complexity index is 912. The van der Waals surface area contributed by atoms with E-state index in [1.165, 1.54) is 29.6 Å². The van der Waals surface area contributed by atoms with Gasteiger partial charge in [-0.1, -0.05) is 65.0 Å². The fourth-order valence-electron chi connectivity index (χ4n) is 7.58. The second-order valence-corrected chi connectivity index (χ2v) is 12.6. The molecule has 0 aromatic carbocycles. The van der Waals surface area contributed by atoms with Crippen LogP contribution in [-0.2, 0) is 14.3 Å². The zero-order valence-corrected chi connectivity index (χ0v) is 21.8. The summed E-state index contributed by atoms with van der Waals surface area (Å²) >= 11 is 0. The van der Waals surface area contributed by atoms with E-state index in [-0.39, 0.29) is 30.0 Å². The molecule has 1 heterocycles. The summed E-state index contributed by atoms with van der Waals surface area (Å²) in [5.74, 6) is 2.86. The highest BCUT2D eigenvalue weighted by Crippen LogP contribution is 2.66. The molecule has 1 spiro atoms. The molecule has 190 valence electrons. The van der Waals surface area contributed by atoms with Crippen LogP contribution in [-0.4, -0.2) is 23.3 Å². The lowest BCUT2D eigenvalue weighted by molar-refractivity contribution is -0.125. The first-order valence-corrected chi connectivity index (χ1v) is 13.1. The van der Waals surface area contributed by atoms with Gasteiger partial charge >= 0.3 is 0 Å². The Balaban J connectivity index is 0.000000186. The Morgan fingerprint density at radius 3 is 2.21 bits per heavy atom. The van der Waals surface area contributed by atoms with Crippen molar-refractivity contribution < 1.29 is 14.3 Å². The number of carbonyl (C=O) groups is 2. The van der Waals surface area contributed by atoms with Gasteiger partial charge in [-0.3, -0.25) is 9.59 Å². The number of ketones is 2. The zero-order valence-electron chi connectivity index (χ0n) is 21.8. The van der Waals surface area contributed by atoms with Crippen LogP contribution in [0.1, 0.15) is 100 Å². The van der Waals surface area contributed by atoms with Gasteiger partial charge in [-0.05, 0) is 87.5 Å². The molecule has 3 heteroatoms. The van der Waals surface area contributed by atoms with Crippen LogP contribution in [0.4, 0.5) is 0 Å². The molecule has 0 radical (unpaired) electrons. The highest BCUT2D eigenvalue weighted by atomic mass is 16.6. The molecule has 4 fully saturated rings. The first-order chi connectivity index (χ1) is 15.3.